The molecule has 3 nitrogen and oxygen atoms in total. The Labute approximate surface area is 103 Å². The molecule has 90 valence electrons. The third kappa shape index (κ3) is 2.73. The van der Waals surface area contributed by atoms with Crippen LogP contribution in [0.25, 0.3) is 0 Å². The number of carbonyl (C=O) groups excluding carboxylic acids is 1. The van der Waals surface area contributed by atoms with E-state index in [9.17, 15) is 4.79 Å². The van der Waals surface area contributed by atoms with Crippen molar-refractivity contribution in [3.63, 3.8) is 0 Å². The van der Waals surface area contributed by atoms with Crippen molar-refractivity contribution < 1.29 is 4.79 Å². The van der Waals surface area contributed by atoms with Crippen LogP contribution in [0.5, 0.6) is 0 Å². The Morgan fingerprint density at radius 1 is 0.750 bits per heavy atom. The molecule has 0 aromatic carbocycles. The molecule has 0 aromatic heterocycles. The summed E-state index contributed by atoms with van der Waals surface area (Å²) in [4.78, 5) is 16.7. The molecule has 2 aliphatic heterocycles. The summed E-state index contributed by atoms with van der Waals surface area (Å²) < 4.78 is 0. The molecule has 0 spiro atoms. The molecule has 0 N–H and O–H groups in total. The minimum atomic E-state index is 0.0941. The predicted octanol–water partition coefficient (Wildman–Crippen LogP) is 1.81. The summed E-state index contributed by atoms with van der Waals surface area (Å²) in [6.45, 7) is 3.73. The van der Waals surface area contributed by atoms with Gasteiger partial charge in [-0.2, -0.15) is 0 Å². The standard InChI is InChI=1S/C12H20N2OS/c15-11(13-7-3-1-4-8-13)12(16)14-9-5-2-6-10-14/h1-10H2. The Morgan fingerprint density at radius 2 is 1.19 bits per heavy atom. The molecule has 0 aliphatic carbocycles. The zero-order valence-corrected chi connectivity index (χ0v) is 10.6. The highest BCUT2D eigenvalue weighted by Gasteiger charge is 2.25. The maximum Gasteiger partial charge on any atom is 0.281 e. The molecule has 0 saturated carbocycles. The van der Waals surface area contributed by atoms with Gasteiger partial charge >= 0.3 is 0 Å². The van der Waals surface area contributed by atoms with E-state index < -0.39 is 0 Å². The monoisotopic (exact) mass is 240 g/mol. The van der Waals surface area contributed by atoms with Crippen molar-refractivity contribution in [2.45, 2.75) is 38.5 Å². The van der Waals surface area contributed by atoms with E-state index in [0.717, 1.165) is 39.0 Å². The van der Waals surface area contributed by atoms with Crippen molar-refractivity contribution in [1.82, 2.24) is 9.80 Å². The quantitative estimate of drug-likeness (QED) is 0.603. The summed E-state index contributed by atoms with van der Waals surface area (Å²) in [7, 11) is 0. The Morgan fingerprint density at radius 3 is 1.69 bits per heavy atom. The van der Waals surface area contributed by atoms with Gasteiger partial charge in [0.25, 0.3) is 5.91 Å². The van der Waals surface area contributed by atoms with Gasteiger partial charge in [0.1, 0.15) is 0 Å². The molecule has 0 aromatic rings. The van der Waals surface area contributed by atoms with Gasteiger partial charge < -0.3 is 9.80 Å². The average molecular weight is 240 g/mol. The van der Waals surface area contributed by atoms with E-state index in [1.165, 1.54) is 25.7 Å². The van der Waals surface area contributed by atoms with E-state index >= 15 is 0 Å². The molecular weight excluding hydrogens is 220 g/mol. The van der Waals surface area contributed by atoms with E-state index in [1.807, 2.05) is 4.90 Å². The summed E-state index contributed by atoms with van der Waals surface area (Å²) in [5.41, 5.74) is 0. The van der Waals surface area contributed by atoms with Crippen LogP contribution in [0.4, 0.5) is 0 Å². The van der Waals surface area contributed by atoms with E-state index in [4.69, 9.17) is 12.2 Å². The van der Waals surface area contributed by atoms with E-state index in [1.54, 1.807) is 0 Å². The van der Waals surface area contributed by atoms with Crippen molar-refractivity contribution in [3.8, 4) is 0 Å². The first-order valence-corrected chi connectivity index (χ1v) is 6.78. The van der Waals surface area contributed by atoms with Crippen molar-refractivity contribution in [1.29, 1.82) is 0 Å². The average Bonchev–Trinajstić information content (AvgIpc) is 2.39. The van der Waals surface area contributed by atoms with Gasteiger partial charge in [0, 0.05) is 26.2 Å². The van der Waals surface area contributed by atoms with Crippen molar-refractivity contribution in [3.05, 3.63) is 0 Å². The number of amides is 1. The molecule has 2 saturated heterocycles. The first-order valence-electron chi connectivity index (χ1n) is 6.37. The summed E-state index contributed by atoms with van der Waals surface area (Å²) in [6, 6.07) is 0. The number of carbonyl (C=O) groups is 1. The number of rotatable bonds is 0. The molecule has 4 heteroatoms. The van der Waals surface area contributed by atoms with Crippen LogP contribution in [0, 0.1) is 0 Å². The Hall–Kier alpha value is -0.640. The number of piperidine rings is 2. The molecule has 2 heterocycles. The Bertz CT molecular complexity index is 240. The van der Waals surface area contributed by atoms with Crippen LogP contribution in [0.1, 0.15) is 38.5 Å². The lowest BCUT2D eigenvalue weighted by Crippen LogP contribution is -2.47. The topological polar surface area (TPSA) is 23.6 Å². The lowest BCUT2D eigenvalue weighted by atomic mass is 10.1. The first kappa shape index (κ1) is 11.8. The summed E-state index contributed by atoms with van der Waals surface area (Å²) in [6.07, 6.45) is 7.14. The van der Waals surface area contributed by atoms with E-state index in [2.05, 4.69) is 4.90 Å². The molecule has 0 atom stereocenters. The fourth-order valence-electron chi connectivity index (χ4n) is 2.46. The Balaban J connectivity index is 1.89. The van der Waals surface area contributed by atoms with Gasteiger partial charge in [-0.05, 0) is 38.5 Å². The molecule has 0 bridgehead atoms. The maximum absolute atomic E-state index is 12.1. The highest BCUT2D eigenvalue weighted by molar-refractivity contribution is 7.81. The normalized spacial score (nSPS) is 22.0. The molecule has 16 heavy (non-hydrogen) atoms. The fourth-order valence-corrected chi connectivity index (χ4v) is 2.78. The minimum Gasteiger partial charge on any atom is -0.358 e. The van der Waals surface area contributed by atoms with E-state index in [-0.39, 0.29) is 5.91 Å². The lowest BCUT2D eigenvalue weighted by molar-refractivity contribution is -0.125. The number of likely N-dealkylation sites (tertiary alicyclic amines) is 2. The third-order valence-corrected chi connectivity index (χ3v) is 3.90. The fraction of sp³-hybridized carbons (Fsp3) is 0.833. The minimum absolute atomic E-state index is 0.0941. The number of thiocarbonyl (C=S) groups is 1. The van der Waals surface area contributed by atoms with Crippen LogP contribution in [0.2, 0.25) is 0 Å². The van der Waals surface area contributed by atoms with Crippen molar-refractivity contribution in [2.75, 3.05) is 26.2 Å². The SMILES string of the molecule is O=C(C(=S)N1CCCCC1)N1CCCCC1. The van der Waals surface area contributed by atoms with Gasteiger partial charge in [0.15, 0.2) is 4.99 Å². The second-order valence-corrected chi connectivity index (χ2v) is 5.09. The third-order valence-electron chi connectivity index (χ3n) is 3.47. The molecule has 2 fully saturated rings. The molecule has 0 radical (unpaired) electrons. The van der Waals surface area contributed by atoms with Gasteiger partial charge in [0.2, 0.25) is 0 Å². The van der Waals surface area contributed by atoms with Gasteiger partial charge in [-0.1, -0.05) is 12.2 Å². The van der Waals surface area contributed by atoms with Crippen LogP contribution in [-0.2, 0) is 4.79 Å². The largest absolute Gasteiger partial charge is 0.358 e. The van der Waals surface area contributed by atoms with Crippen molar-refractivity contribution >= 4 is 23.1 Å². The zero-order valence-electron chi connectivity index (χ0n) is 9.78. The molecule has 2 aliphatic rings. The van der Waals surface area contributed by atoms with Crippen molar-refractivity contribution in [2.24, 2.45) is 0 Å². The van der Waals surface area contributed by atoms with Gasteiger partial charge in [0.05, 0.1) is 0 Å². The van der Waals surface area contributed by atoms with Crippen LogP contribution in [-0.4, -0.2) is 46.9 Å². The van der Waals surface area contributed by atoms with Crippen LogP contribution < -0.4 is 0 Å². The smallest absolute Gasteiger partial charge is 0.281 e. The predicted molar refractivity (Wildman–Crippen MR) is 68.5 cm³/mol. The maximum atomic E-state index is 12.1. The second kappa shape index (κ2) is 5.62. The van der Waals surface area contributed by atoms with Gasteiger partial charge in [-0.3, -0.25) is 4.79 Å². The first-order chi connectivity index (χ1) is 7.79. The summed E-state index contributed by atoms with van der Waals surface area (Å²) >= 11 is 5.31. The Kier molecular flexibility index (Phi) is 4.16. The zero-order chi connectivity index (χ0) is 11.4. The molecule has 0 unspecified atom stereocenters. The van der Waals surface area contributed by atoms with Gasteiger partial charge in [-0.25, -0.2) is 0 Å². The molecular formula is C12H20N2OS. The summed E-state index contributed by atoms with van der Waals surface area (Å²) in [5.74, 6) is 0.0941. The number of hydrogen-bond acceptors (Lipinski definition) is 2. The number of nitrogens with zero attached hydrogens (tertiary/aromatic N) is 2. The van der Waals surface area contributed by atoms with Crippen LogP contribution >= 0.6 is 12.2 Å². The molecule has 2 rings (SSSR count). The van der Waals surface area contributed by atoms with Gasteiger partial charge in [-0.15, -0.1) is 0 Å². The van der Waals surface area contributed by atoms with Crippen LogP contribution in [0.3, 0.4) is 0 Å². The van der Waals surface area contributed by atoms with Crippen LogP contribution in [0.15, 0.2) is 0 Å². The molecule has 1 amide bonds. The van der Waals surface area contributed by atoms with E-state index in [0.29, 0.717) is 4.99 Å². The lowest BCUT2D eigenvalue weighted by Gasteiger charge is -2.33. The summed E-state index contributed by atoms with van der Waals surface area (Å²) in [5, 5.41) is 0. The number of hydrogen-bond donors (Lipinski definition) is 0. The highest BCUT2D eigenvalue weighted by atomic mass is 32.1. The second-order valence-electron chi connectivity index (χ2n) is 4.71. The highest BCUT2D eigenvalue weighted by Crippen LogP contribution is 2.13.